The second kappa shape index (κ2) is 10.2. The predicted molar refractivity (Wildman–Crippen MR) is 152 cm³/mol. The number of hydrazone groups is 1. The summed E-state index contributed by atoms with van der Waals surface area (Å²) in [6, 6.07) is 29.3. The third-order valence-corrected chi connectivity index (χ3v) is 6.97. The minimum Gasteiger partial charge on any atom is -0.497 e. The van der Waals surface area contributed by atoms with E-state index in [1.54, 1.807) is 24.3 Å². The van der Waals surface area contributed by atoms with Crippen LogP contribution in [0.5, 0.6) is 5.75 Å². The van der Waals surface area contributed by atoms with Crippen LogP contribution in [0.4, 0.5) is 11.6 Å². The Labute approximate surface area is 229 Å². The monoisotopic (exact) mass is 535 g/mol. The Morgan fingerprint density at radius 1 is 0.923 bits per heavy atom. The number of non-ortho nitro benzene ring substituents is 1. The van der Waals surface area contributed by atoms with Gasteiger partial charge < -0.3 is 4.74 Å². The molecule has 0 aliphatic carbocycles. The van der Waals surface area contributed by atoms with Crippen molar-refractivity contribution in [3.8, 4) is 17.0 Å². The lowest BCUT2D eigenvalue weighted by molar-refractivity contribution is -0.384. The zero-order valence-corrected chi connectivity index (χ0v) is 21.6. The molecule has 5 aromatic rings. The first kappa shape index (κ1) is 24.5. The number of fused-ring (bicyclic) bond motifs is 1. The molecule has 1 aromatic heterocycles. The Hall–Kier alpha value is -4.82. The average Bonchev–Trinajstić information content (AvgIpc) is 3.43. The number of rotatable bonds is 6. The van der Waals surface area contributed by atoms with Crippen LogP contribution < -0.4 is 9.75 Å². The summed E-state index contributed by atoms with van der Waals surface area (Å²) in [5.41, 5.74) is 4.92. The molecule has 9 heteroatoms. The van der Waals surface area contributed by atoms with Crippen molar-refractivity contribution in [2.75, 3.05) is 12.1 Å². The summed E-state index contributed by atoms with van der Waals surface area (Å²) < 4.78 is 5.31. The zero-order valence-electron chi connectivity index (χ0n) is 20.9. The molecule has 4 aromatic carbocycles. The lowest BCUT2D eigenvalue weighted by atomic mass is 9.98. The van der Waals surface area contributed by atoms with Crippen molar-refractivity contribution in [1.29, 1.82) is 0 Å². The SMILES string of the molecule is COc1ccc(C2=NN(c3nc(-c4ccc(Cl)cc4)c4ccccc4n3)C(c3cccc([N+](=O)[O-])c3)C2)cc1. The van der Waals surface area contributed by atoms with Gasteiger partial charge in [-0.05, 0) is 53.6 Å². The van der Waals surface area contributed by atoms with E-state index in [2.05, 4.69) is 0 Å². The van der Waals surface area contributed by atoms with Crippen molar-refractivity contribution in [2.24, 2.45) is 5.10 Å². The van der Waals surface area contributed by atoms with Crippen LogP contribution in [0.3, 0.4) is 0 Å². The van der Waals surface area contributed by atoms with E-state index in [0.29, 0.717) is 17.4 Å². The van der Waals surface area contributed by atoms with Gasteiger partial charge in [0.2, 0.25) is 5.95 Å². The summed E-state index contributed by atoms with van der Waals surface area (Å²) in [6.45, 7) is 0. The molecule has 0 bridgehead atoms. The Balaban J connectivity index is 1.51. The van der Waals surface area contributed by atoms with Gasteiger partial charge in [0.15, 0.2) is 0 Å². The van der Waals surface area contributed by atoms with Crippen molar-refractivity contribution in [2.45, 2.75) is 12.5 Å². The van der Waals surface area contributed by atoms with Crippen LogP contribution in [0.1, 0.15) is 23.6 Å². The molecule has 39 heavy (non-hydrogen) atoms. The third kappa shape index (κ3) is 4.78. The van der Waals surface area contributed by atoms with E-state index in [0.717, 1.165) is 44.7 Å². The molecular weight excluding hydrogens is 514 g/mol. The number of halogens is 1. The molecule has 2 heterocycles. The molecule has 0 saturated heterocycles. The topological polar surface area (TPSA) is 93.8 Å². The molecule has 0 spiro atoms. The molecule has 0 amide bonds. The molecule has 192 valence electrons. The first-order valence-electron chi connectivity index (χ1n) is 12.3. The Morgan fingerprint density at radius 2 is 1.67 bits per heavy atom. The van der Waals surface area contributed by atoms with Gasteiger partial charge >= 0.3 is 0 Å². The molecule has 8 nitrogen and oxygen atoms in total. The summed E-state index contributed by atoms with van der Waals surface area (Å²) >= 11 is 6.15. The molecule has 1 aliphatic rings. The fourth-order valence-corrected chi connectivity index (χ4v) is 4.88. The van der Waals surface area contributed by atoms with Crippen LogP contribution in [0.2, 0.25) is 5.02 Å². The van der Waals surface area contributed by atoms with Crippen molar-refractivity contribution < 1.29 is 9.66 Å². The van der Waals surface area contributed by atoms with Gasteiger partial charge in [-0.15, -0.1) is 0 Å². The number of methoxy groups -OCH3 is 1. The number of para-hydroxylation sites is 1. The lowest BCUT2D eigenvalue weighted by Crippen LogP contribution is -2.21. The lowest BCUT2D eigenvalue weighted by Gasteiger charge is -2.23. The third-order valence-electron chi connectivity index (χ3n) is 6.71. The highest BCUT2D eigenvalue weighted by molar-refractivity contribution is 6.30. The highest BCUT2D eigenvalue weighted by Crippen LogP contribution is 2.38. The van der Waals surface area contributed by atoms with Crippen LogP contribution >= 0.6 is 11.6 Å². The van der Waals surface area contributed by atoms with E-state index in [9.17, 15) is 10.1 Å². The van der Waals surface area contributed by atoms with Crippen LogP contribution in [-0.4, -0.2) is 27.7 Å². The number of aromatic nitrogens is 2. The summed E-state index contributed by atoms with van der Waals surface area (Å²) in [4.78, 5) is 21.0. The number of nitro groups is 1. The quantitative estimate of drug-likeness (QED) is 0.168. The maximum atomic E-state index is 11.6. The van der Waals surface area contributed by atoms with Gasteiger partial charge in [0.1, 0.15) is 5.75 Å². The van der Waals surface area contributed by atoms with E-state index < -0.39 is 0 Å². The van der Waals surface area contributed by atoms with Gasteiger partial charge in [-0.1, -0.05) is 54.1 Å². The zero-order chi connectivity index (χ0) is 26.9. The van der Waals surface area contributed by atoms with Crippen LogP contribution in [0.25, 0.3) is 22.2 Å². The Bertz CT molecular complexity index is 1720. The number of ether oxygens (including phenoxy) is 1. The first-order chi connectivity index (χ1) is 19.0. The molecule has 0 saturated carbocycles. The number of nitro benzene ring substituents is 1. The highest BCUT2D eigenvalue weighted by atomic mass is 35.5. The average molecular weight is 536 g/mol. The minimum atomic E-state index is -0.390. The first-order valence-corrected chi connectivity index (χ1v) is 12.7. The normalized spacial score (nSPS) is 14.9. The van der Waals surface area contributed by atoms with E-state index in [1.807, 2.05) is 78.9 Å². The second-order valence-electron chi connectivity index (χ2n) is 9.09. The highest BCUT2D eigenvalue weighted by Gasteiger charge is 2.33. The van der Waals surface area contributed by atoms with E-state index >= 15 is 0 Å². The van der Waals surface area contributed by atoms with Gasteiger partial charge in [-0.25, -0.2) is 15.0 Å². The van der Waals surface area contributed by atoms with Crippen LogP contribution in [0.15, 0.2) is 102 Å². The Kier molecular flexibility index (Phi) is 6.38. The van der Waals surface area contributed by atoms with E-state index in [1.165, 1.54) is 6.07 Å². The number of nitrogens with zero attached hydrogens (tertiary/aromatic N) is 5. The Morgan fingerprint density at radius 3 is 2.41 bits per heavy atom. The van der Waals surface area contributed by atoms with Gasteiger partial charge in [-0.2, -0.15) is 5.10 Å². The molecule has 0 radical (unpaired) electrons. The maximum absolute atomic E-state index is 11.6. The number of anilines is 1. The smallest absolute Gasteiger partial charge is 0.269 e. The number of hydrogen-bond donors (Lipinski definition) is 0. The minimum absolute atomic E-state index is 0.0200. The van der Waals surface area contributed by atoms with Gasteiger partial charge in [0.05, 0.1) is 35.0 Å². The summed E-state index contributed by atoms with van der Waals surface area (Å²) in [6.07, 6.45) is 0.514. The van der Waals surface area contributed by atoms with Crippen LogP contribution in [-0.2, 0) is 0 Å². The molecular formula is C30H22ClN5O3. The summed E-state index contributed by atoms with van der Waals surface area (Å²) in [7, 11) is 1.62. The summed E-state index contributed by atoms with van der Waals surface area (Å²) in [5, 5.41) is 19.8. The molecule has 6 rings (SSSR count). The van der Waals surface area contributed by atoms with Crippen molar-refractivity contribution in [3.63, 3.8) is 0 Å². The summed E-state index contributed by atoms with van der Waals surface area (Å²) in [5.74, 6) is 1.15. The number of benzene rings is 4. The molecule has 1 atom stereocenters. The van der Waals surface area contributed by atoms with Gasteiger partial charge in [0, 0.05) is 34.5 Å². The number of hydrogen-bond acceptors (Lipinski definition) is 7. The van der Waals surface area contributed by atoms with Gasteiger partial charge in [0.25, 0.3) is 5.69 Å². The molecule has 0 N–H and O–H groups in total. The predicted octanol–water partition coefficient (Wildman–Crippen LogP) is 7.22. The molecule has 1 unspecified atom stereocenters. The van der Waals surface area contributed by atoms with E-state index in [4.69, 9.17) is 31.4 Å². The molecule has 1 aliphatic heterocycles. The van der Waals surface area contributed by atoms with Gasteiger partial charge in [-0.3, -0.25) is 10.1 Å². The fourth-order valence-electron chi connectivity index (χ4n) is 4.75. The fraction of sp³-hybridized carbons (Fsp3) is 0.100. The van der Waals surface area contributed by atoms with Crippen molar-refractivity contribution in [3.05, 3.63) is 123 Å². The maximum Gasteiger partial charge on any atom is 0.269 e. The molecule has 0 fully saturated rings. The second-order valence-corrected chi connectivity index (χ2v) is 9.52. The van der Waals surface area contributed by atoms with E-state index in [-0.39, 0.29) is 16.7 Å². The van der Waals surface area contributed by atoms with Crippen molar-refractivity contribution in [1.82, 2.24) is 9.97 Å². The van der Waals surface area contributed by atoms with Crippen molar-refractivity contribution >= 4 is 39.9 Å². The standard InChI is InChI=1S/C30H22ClN5O3/c1-39-24-15-11-19(12-16-24)27-18-28(21-5-4-6-23(17-21)36(37)38)35(34-27)30-32-26-8-3-2-7-25(26)29(33-30)20-9-13-22(31)14-10-20/h2-17,28H,18H2,1H3. The largest absolute Gasteiger partial charge is 0.497 e. The van der Waals surface area contributed by atoms with Crippen LogP contribution in [0, 0.1) is 10.1 Å².